The van der Waals surface area contributed by atoms with Crippen LogP contribution in [0.4, 0.5) is 0 Å². The summed E-state index contributed by atoms with van der Waals surface area (Å²) >= 11 is 0. The molecule has 0 fully saturated rings. The van der Waals surface area contributed by atoms with Crippen LogP contribution in [0.5, 0.6) is 5.75 Å². The first-order valence-corrected chi connectivity index (χ1v) is 6.56. The summed E-state index contributed by atoms with van der Waals surface area (Å²) in [4.78, 5) is 23.0. The van der Waals surface area contributed by atoms with Gasteiger partial charge in [0.1, 0.15) is 5.75 Å². The number of benzene rings is 1. The zero-order chi connectivity index (χ0) is 15.7. The van der Waals surface area contributed by atoms with Gasteiger partial charge in [-0.05, 0) is 26.0 Å². The zero-order valence-electron chi connectivity index (χ0n) is 12.1. The van der Waals surface area contributed by atoms with Crippen molar-refractivity contribution in [2.75, 3.05) is 13.2 Å². The average molecular weight is 290 g/mol. The predicted molar refractivity (Wildman–Crippen MR) is 75.5 cm³/mol. The first kappa shape index (κ1) is 16.5. The Morgan fingerprint density at radius 2 is 2.00 bits per heavy atom. The third-order valence-corrected chi connectivity index (χ3v) is 2.57. The standard InChI is InChI=1S/C15H18N2O4/c1-11-4-6-13(7-5-11)21-12(2)15(19)20-10-14(18)17-9-3-8-16/h4-7,12H,3,9-10H2,1-2H3,(H,17,18). The SMILES string of the molecule is Cc1ccc(OC(C)C(=O)OCC(=O)NCCC#N)cc1. The maximum atomic E-state index is 11.7. The number of ether oxygens (including phenoxy) is 2. The van der Waals surface area contributed by atoms with Crippen LogP contribution < -0.4 is 10.1 Å². The van der Waals surface area contributed by atoms with E-state index in [0.29, 0.717) is 5.75 Å². The lowest BCUT2D eigenvalue weighted by atomic mass is 10.2. The molecule has 1 rings (SSSR count). The fourth-order valence-electron chi connectivity index (χ4n) is 1.43. The van der Waals surface area contributed by atoms with Crippen molar-refractivity contribution in [1.82, 2.24) is 5.32 Å². The van der Waals surface area contributed by atoms with E-state index in [9.17, 15) is 9.59 Å². The van der Waals surface area contributed by atoms with Crippen LogP contribution in [0.2, 0.25) is 0 Å². The van der Waals surface area contributed by atoms with Crippen LogP contribution in [0.15, 0.2) is 24.3 Å². The van der Waals surface area contributed by atoms with Gasteiger partial charge in [0.15, 0.2) is 12.7 Å². The lowest BCUT2D eigenvalue weighted by molar-refractivity contribution is -0.154. The van der Waals surface area contributed by atoms with Gasteiger partial charge in [-0.15, -0.1) is 0 Å². The lowest BCUT2D eigenvalue weighted by Crippen LogP contribution is -2.33. The van der Waals surface area contributed by atoms with E-state index in [4.69, 9.17) is 14.7 Å². The number of nitriles is 1. The molecule has 0 aliphatic rings. The van der Waals surface area contributed by atoms with E-state index in [1.807, 2.05) is 25.1 Å². The summed E-state index contributed by atoms with van der Waals surface area (Å²) in [6.07, 6.45) is -0.591. The quantitative estimate of drug-likeness (QED) is 0.604. The third kappa shape index (κ3) is 6.43. The number of rotatable bonds is 7. The molecule has 0 aliphatic carbocycles. The minimum Gasteiger partial charge on any atom is -0.479 e. The molecule has 0 radical (unpaired) electrons. The van der Waals surface area contributed by atoms with Crippen molar-refractivity contribution < 1.29 is 19.1 Å². The summed E-state index contributed by atoms with van der Waals surface area (Å²) < 4.78 is 10.2. The highest BCUT2D eigenvalue weighted by atomic mass is 16.6. The molecule has 1 N–H and O–H groups in total. The summed E-state index contributed by atoms with van der Waals surface area (Å²) in [6, 6.07) is 9.15. The zero-order valence-corrected chi connectivity index (χ0v) is 12.1. The Kier molecular flexibility index (Phi) is 6.75. The molecule has 1 atom stereocenters. The lowest BCUT2D eigenvalue weighted by Gasteiger charge is -2.14. The van der Waals surface area contributed by atoms with Gasteiger partial charge in [0.2, 0.25) is 0 Å². The number of hydrogen-bond acceptors (Lipinski definition) is 5. The van der Waals surface area contributed by atoms with Crippen LogP contribution in [0.3, 0.4) is 0 Å². The van der Waals surface area contributed by atoms with Gasteiger partial charge in [0, 0.05) is 6.54 Å². The molecule has 1 amide bonds. The van der Waals surface area contributed by atoms with Crippen LogP contribution in [-0.4, -0.2) is 31.1 Å². The molecule has 6 heteroatoms. The average Bonchev–Trinajstić information content (AvgIpc) is 2.47. The number of amides is 1. The van der Waals surface area contributed by atoms with E-state index < -0.39 is 18.0 Å². The summed E-state index contributed by atoms with van der Waals surface area (Å²) in [7, 11) is 0. The fourth-order valence-corrected chi connectivity index (χ4v) is 1.43. The number of nitrogens with zero attached hydrogens (tertiary/aromatic N) is 1. The van der Waals surface area contributed by atoms with E-state index in [0.717, 1.165) is 5.56 Å². The predicted octanol–water partition coefficient (Wildman–Crippen LogP) is 1.34. The van der Waals surface area contributed by atoms with Crippen molar-refractivity contribution in [1.29, 1.82) is 5.26 Å². The highest BCUT2D eigenvalue weighted by Crippen LogP contribution is 2.13. The number of carbonyl (C=O) groups excluding carboxylic acids is 2. The monoisotopic (exact) mass is 290 g/mol. The Bertz CT molecular complexity index is 519. The van der Waals surface area contributed by atoms with Crippen molar-refractivity contribution in [3.8, 4) is 11.8 Å². The molecule has 112 valence electrons. The second-order valence-corrected chi connectivity index (χ2v) is 4.44. The normalized spacial score (nSPS) is 11.1. The molecule has 1 aromatic rings. The van der Waals surface area contributed by atoms with E-state index in [1.54, 1.807) is 19.1 Å². The number of hydrogen-bond donors (Lipinski definition) is 1. The van der Waals surface area contributed by atoms with Crippen LogP contribution in [0.1, 0.15) is 18.9 Å². The summed E-state index contributed by atoms with van der Waals surface area (Å²) in [5, 5.41) is 10.8. The molecule has 0 saturated carbocycles. The maximum Gasteiger partial charge on any atom is 0.347 e. The molecule has 0 bridgehead atoms. The van der Waals surface area contributed by atoms with Gasteiger partial charge in [0.05, 0.1) is 12.5 Å². The second kappa shape index (κ2) is 8.59. The molecular formula is C15H18N2O4. The molecule has 1 unspecified atom stereocenters. The smallest absolute Gasteiger partial charge is 0.347 e. The highest BCUT2D eigenvalue weighted by Gasteiger charge is 2.17. The van der Waals surface area contributed by atoms with Crippen molar-refractivity contribution in [2.45, 2.75) is 26.4 Å². The van der Waals surface area contributed by atoms with Gasteiger partial charge in [-0.2, -0.15) is 5.26 Å². The number of esters is 1. The fraction of sp³-hybridized carbons (Fsp3) is 0.400. The van der Waals surface area contributed by atoms with Crippen molar-refractivity contribution in [3.63, 3.8) is 0 Å². The molecule has 1 aromatic carbocycles. The van der Waals surface area contributed by atoms with Gasteiger partial charge < -0.3 is 14.8 Å². The van der Waals surface area contributed by atoms with Crippen LogP contribution >= 0.6 is 0 Å². The van der Waals surface area contributed by atoms with Crippen molar-refractivity contribution in [3.05, 3.63) is 29.8 Å². The van der Waals surface area contributed by atoms with E-state index in [-0.39, 0.29) is 19.6 Å². The largest absolute Gasteiger partial charge is 0.479 e. The molecular weight excluding hydrogens is 272 g/mol. The Morgan fingerprint density at radius 3 is 2.62 bits per heavy atom. The molecule has 21 heavy (non-hydrogen) atoms. The van der Waals surface area contributed by atoms with Gasteiger partial charge >= 0.3 is 5.97 Å². The number of aryl methyl sites for hydroxylation is 1. The van der Waals surface area contributed by atoms with Gasteiger partial charge in [0.25, 0.3) is 5.91 Å². The van der Waals surface area contributed by atoms with Gasteiger partial charge in [-0.1, -0.05) is 17.7 Å². The summed E-state index contributed by atoms with van der Waals surface area (Å²) in [5.74, 6) is -0.504. The molecule has 6 nitrogen and oxygen atoms in total. The van der Waals surface area contributed by atoms with Crippen LogP contribution in [-0.2, 0) is 14.3 Å². The number of carbonyl (C=O) groups is 2. The van der Waals surface area contributed by atoms with E-state index in [1.165, 1.54) is 0 Å². The second-order valence-electron chi connectivity index (χ2n) is 4.44. The molecule has 0 heterocycles. The van der Waals surface area contributed by atoms with Gasteiger partial charge in [-0.25, -0.2) is 4.79 Å². The molecule has 0 spiro atoms. The van der Waals surface area contributed by atoms with Crippen LogP contribution in [0, 0.1) is 18.3 Å². The topological polar surface area (TPSA) is 88.4 Å². The summed E-state index contributed by atoms with van der Waals surface area (Å²) in [6.45, 7) is 3.36. The maximum absolute atomic E-state index is 11.7. The number of nitrogens with one attached hydrogen (secondary N) is 1. The summed E-state index contributed by atoms with van der Waals surface area (Å²) in [5.41, 5.74) is 1.09. The Labute approximate surface area is 123 Å². The Balaban J connectivity index is 2.32. The van der Waals surface area contributed by atoms with Crippen molar-refractivity contribution >= 4 is 11.9 Å². The van der Waals surface area contributed by atoms with E-state index in [2.05, 4.69) is 5.32 Å². The van der Waals surface area contributed by atoms with Gasteiger partial charge in [-0.3, -0.25) is 4.79 Å². The minimum atomic E-state index is -0.806. The minimum absolute atomic E-state index is 0.215. The molecule has 0 saturated heterocycles. The first-order valence-electron chi connectivity index (χ1n) is 6.56. The van der Waals surface area contributed by atoms with Crippen molar-refractivity contribution in [2.24, 2.45) is 0 Å². The molecule has 0 aliphatic heterocycles. The highest BCUT2D eigenvalue weighted by molar-refractivity contribution is 5.81. The van der Waals surface area contributed by atoms with Crippen LogP contribution in [0.25, 0.3) is 0 Å². The Hall–Kier alpha value is -2.55. The van der Waals surface area contributed by atoms with E-state index >= 15 is 0 Å². The first-order chi connectivity index (χ1) is 10.0. The molecule has 0 aromatic heterocycles. The third-order valence-electron chi connectivity index (χ3n) is 2.57. The Morgan fingerprint density at radius 1 is 1.33 bits per heavy atom.